The molecule has 0 spiro atoms. The van der Waals surface area contributed by atoms with E-state index in [0.29, 0.717) is 17.2 Å². The Kier molecular flexibility index (Phi) is 5.45. The number of nitrogens with zero attached hydrogens (tertiary/aromatic N) is 1. The van der Waals surface area contributed by atoms with Crippen LogP contribution in [-0.2, 0) is 4.74 Å². The van der Waals surface area contributed by atoms with Crippen LogP contribution < -0.4 is 4.90 Å². The van der Waals surface area contributed by atoms with Crippen LogP contribution >= 0.6 is 11.6 Å². The fourth-order valence-corrected chi connectivity index (χ4v) is 1.88. The number of rotatable bonds is 6. The van der Waals surface area contributed by atoms with Crippen molar-refractivity contribution in [3.05, 3.63) is 28.8 Å². The number of hydrogen-bond acceptors (Lipinski definition) is 3. The lowest BCUT2D eigenvalue weighted by Crippen LogP contribution is -2.34. The van der Waals surface area contributed by atoms with Crippen LogP contribution in [0.25, 0.3) is 0 Å². The van der Waals surface area contributed by atoms with E-state index in [4.69, 9.17) is 16.3 Å². The van der Waals surface area contributed by atoms with Gasteiger partial charge in [-0.1, -0.05) is 11.6 Å². The van der Waals surface area contributed by atoms with Gasteiger partial charge >= 0.3 is 0 Å². The van der Waals surface area contributed by atoms with Gasteiger partial charge in [-0.3, -0.25) is 4.79 Å². The third-order valence-corrected chi connectivity index (χ3v) is 2.82. The van der Waals surface area contributed by atoms with Crippen LogP contribution in [0.4, 0.5) is 5.69 Å². The fourth-order valence-electron chi connectivity index (χ4n) is 1.71. The Labute approximate surface area is 107 Å². The summed E-state index contributed by atoms with van der Waals surface area (Å²) >= 11 is 5.98. The van der Waals surface area contributed by atoms with E-state index in [0.717, 1.165) is 18.5 Å². The largest absolute Gasteiger partial charge is 0.383 e. The highest BCUT2D eigenvalue weighted by atomic mass is 35.5. The van der Waals surface area contributed by atoms with Crippen molar-refractivity contribution in [2.75, 3.05) is 25.2 Å². The maximum absolute atomic E-state index is 11.0. The number of carbonyl (C=O) groups excluding carboxylic acids is 1. The smallest absolute Gasteiger partial charge is 0.152 e. The van der Waals surface area contributed by atoms with Gasteiger partial charge in [-0.15, -0.1) is 0 Å². The van der Waals surface area contributed by atoms with E-state index in [1.807, 2.05) is 6.07 Å². The van der Waals surface area contributed by atoms with E-state index in [1.165, 1.54) is 0 Å². The molecule has 0 aromatic heterocycles. The Morgan fingerprint density at radius 2 is 2.18 bits per heavy atom. The Morgan fingerprint density at radius 1 is 1.47 bits per heavy atom. The summed E-state index contributed by atoms with van der Waals surface area (Å²) in [5.74, 6) is 0. The molecule has 0 heterocycles. The molecule has 94 valence electrons. The number of ether oxygens (including phenoxy) is 1. The molecule has 0 saturated heterocycles. The molecule has 1 aromatic rings. The van der Waals surface area contributed by atoms with Crippen LogP contribution in [-0.4, -0.2) is 32.6 Å². The van der Waals surface area contributed by atoms with Gasteiger partial charge in [0.1, 0.15) is 0 Å². The molecule has 1 rings (SSSR count). The van der Waals surface area contributed by atoms with E-state index >= 15 is 0 Å². The third kappa shape index (κ3) is 3.72. The first-order valence-corrected chi connectivity index (χ1v) is 5.98. The highest BCUT2D eigenvalue weighted by Gasteiger charge is 2.14. The van der Waals surface area contributed by atoms with E-state index in [-0.39, 0.29) is 6.04 Å². The number of anilines is 1. The summed E-state index contributed by atoms with van der Waals surface area (Å²) in [6.45, 7) is 5.49. The lowest BCUT2D eigenvalue weighted by atomic mass is 10.1. The molecule has 4 heteroatoms. The number of benzene rings is 1. The summed E-state index contributed by atoms with van der Waals surface area (Å²) in [6.07, 6.45) is 0.855. The van der Waals surface area contributed by atoms with Crippen molar-refractivity contribution in [2.45, 2.75) is 19.9 Å². The minimum Gasteiger partial charge on any atom is -0.383 e. The summed E-state index contributed by atoms with van der Waals surface area (Å²) in [6, 6.07) is 5.57. The molecule has 0 bridgehead atoms. The van der Waals surface area contributed by atoms with Gasteiger partial charge < -0.3 is 9.64 Å². The van der Waals surface area contributed by atoms with Gasteiger partial charge in [-0.25, -0.2) is 0 Å². The SMILES string of the molecule is COCCN(c1cc(Cl)ccc1C=O)C(C)C. The lowest BCUT2D eigenvalue weighted by molar-refractivity contribution is 0.112. The van der Waals surface area contributed by atoms with Gasteiger partial charge in [-0.05, 0) is 32.0 Å². The molecule has 17 heavy (non-hydrogen) atoms. The molecule has 0 fully saturated rings. The molecule has 0 N–H and O–H groups in total. The van der Waals surface area contributed by atoms with Crippen LogP contribution in [0.3, 0.4) is 0 Å². The minimum absolute atomic E-state index is 0.280. The van der Waals surface area contributed by atoms with E-state index in [9.17, 15) is 4.79 Å². The maximum Gasteiger partial charge on any atom is 0.152 e. The van der Waals surface area contributed by atoms with Crippen molar-refractivity contribution in [3.8, 4) is 0 Å². The van der Waals surface area contributed by atoms with Gasteiger partial charge in [0.15, 0.2) is 6.29 Å². The van der Waals surface area contributed by atoms with Crippen molar-refractivity contribution in [3.63, 3.8) is 0 Å². The van der Waals surface area contributed by atoms with Gasteiger partial charge in [-0.2, -0.15) is 0 Å². The summed E-state index contributed by atoms with van der Waals surface area (Å²) < 4.78 is 5.08. The number of aldehydes is 1. The molecule has 0 saturated carbocycles. The van der Waals surface area contributed by atoms with Crippen LogP contribution in [0.15, 0.2) is 18.2 Å². The highest BCUT2D eigenvalue weighted by molar-refractivity contribution is 6.31. The Bertz CT molecular complexity index is 380. The normalized spacial score (nSPS) is 10.6. The summed E-state index contributed by atoms with van der Waals surface area (Å²) in [5.41, 5.74) is 1.51. The summed E-state index contributed by atoms with van der Waals surface area (Å²) in [4.78, 5) is 13.1. The number of halogens is 1. The minimum atomic E-state index is 0.280. The predicted octanol–water partition coefficient (Wildman–Crippen LogP) is 3.01. The average molecular weight is 256 g/mol. The molecular formula is C13H18ClNO2. The molecule has 0 radical (unpaired) electrons. The fraction of sp³-hybridized carbons (Fsp3) is 0.462. The van der Waals surface area contributed by atoms with Gasteiger partial charge in [0.05, 0.1) is 6.61 Å². The van der Waals surface area contributed by atoms with Crippen molar-refractivity contribution in [1.82, 2.24) is 0 Å². The topological polar surface area (TPSA) is 29.5 Å². The molecule has 3 nitrogen and oxygen atoms in total. The maximum atomic E-state index is 11.0. The van der Waals surface area contributed by atoms with Crippen molar-refractivity contribution in [2.24, 2.45) is 0 Å². The first-order valence-electron chi connectivity index (χ1n) is 5.60. The monoisotopic (exact) mass is 255 g/mol. The van der Waals surface area contributed by atoms with Crippen molar-refractivity contribution < 1.29 is 9.53 Å². The second kappa shape index (κ2) is 6.62. The van der Waals surface area contributed by atoms with Gasteiger partial charge in [0.2, 0.25) is 0 Å². The first kappa shape index (κ1) is 14.0. The van der Waals surface area contributed by atoms with Crippen LogP contribution in [0.2, 0.25) is 5.02 Å². The van der Waals surface area contributed by atoms with Gasteiger partial charge in [0, 0.05) is 36.0 Å². The highest BCUT2D eigenvalue weighted by Crippen LogP contribution is 2.25. The standard InChI is InChI=1S/C13H18ClNO2/c1-10(2)15(6-7-17-3)13-8-12(14)5-4-11(13)9-16/h4-5,8-10H,6-7H2,1-3H3. The average Bonchev–Trinajstić information content (AvgIpc) is 2.29. The zero-order valence-electron chi connectivity index (χ0n) is 10.4. The predicted molar refractivity (Wildman–Crippen MR) is 71.2 cm³/mol. The second-order valence-electron chi connectivity index (χ2n) is 4.10. The Morgan fingerprint density at radius 3 is 2.71 bits per heavy atom. The Hall–Kier alpha value is -1.06. The number of methoxy groups -OCH3 is 1. The van der Waals surface area contributed by atoms with Crippen LogP contribution in [0.1, 0.15) is 24.2 Å². The zero-order valence-corrected chi connectivity index (χ0v) is 11.2. The van der Waals surface area contributed by atoms with E-state index in [2.05, 4.69) is 18.7 Å². The molecule has 0 aliphatic carbocycles. The summed E-state index contributed by atoms with van der Waals surface area (Å²) in [5, 5.41) is 0.633. The van der Waals surface area contributed by atoms with Crippen LogP contribution in [0.5, 0.6) is 0 Å². The second-order valence-corrected chi connectivity index (χ2v) is 4.54. The molecule has 0 aliphatic heterocycles. The molecule has 1 aromatic carbocycles. The Balaban J connectivity index is 3.07. The number of hydrogen-bond donors (Lipinski definition) is 0. The quantitative estimate of drug-likeness (QED) is 0.732. The van der Waals surface area contributed by atoms with Gasteiger partial charge in [0.25, 0.3) is 0 Å². The van der Waals surface area contributed by atoms with Crippen molar-refractivity contribution in [1.29, 1.82) is 0 Å². The molecule has 0 unspecified atom stereocenters. The van der Waals surface area contributed by atoms with E-state index < -0.39 is 0 Å². The van der Waals surface area contributed by atoms with E-state index in [1.54, 1.807) is 19.2 Å². The molecular weight excluding hydrogens is 238 g/mol. The van der Waals surface area contributed by atoms with Crippen molar-refractivity contribution >= 4 is 23.6 Å². The number of carbonyl (C=O) groups is 1. The zero-order chi connectivity index (χ0) is 12.8. The van der Waals surface area contributed by atoms with Crippen LogP contribution in [0, 0.1) is 0 Å². The molecule has 0 aliphatic rings. The summed E-state index contributed by atoms with van der Waals surface area (Å²) in [7, 11) is 1.66. The first-order chi connectivity index (χ1) is 8.10. The molecule has 0 atom stereocenters. The lowest BCUT2D eigenvalue weighted by Gasteiger charge is -2.30. The molecule has 0 amide bonds. The third-order valence-electron chi connectivity index (χ3n) is 2.59.